The number of nitrogens with zero attached hydrogens (tertiary/aromatic N) is 2. The minimum absolute atomic E-state index is 0.0349. The van der Waals surface area contributed by atoms with Crippen molar-refractivity contribution in [3.63, 3.8) is 0 Å². The van der Waals surface area contributed by atoms with E-state index in [1.54, 1.807) is 31.2 Å². The van der Waals surface area contributed by atoms with E-state index in [1.165, 1.54) is 17.6 Å². The topological polar surface area (TPSA) is 150 Å². The third-order valence-electron chi connectivity index (χ3n) is 5.16. The number of sulfone groups is 1. The van der Waals surface area contributed by atoms with Gasteiger partial charge in [0.1, 0.15) is 0 Å². The normalized spacial score (nSPS) is 14.8. The highest BCUT2D eigenvalue weighted by Crippen LogP contribution is 2.29. The molecule has 0 saturated carbocycles. The van der Waals surface area contributed by atoms with Gasteiger partial charge in [-0.05, 0) is 55.9 Å². The van der Waals surface area contributed by atoms with Crippen molar-refractivity contribution < 1.29 is 17.9 Å². The zero-order valence-electron chi connectivity index (χ0n) is 21.2. The smallest absolute Gasteiger partial charge is 0.413 e. The first-order valence-corrected chi connectivity index (χ1v) is 14.5. The highest BCUT2D eigenvalue weighted by atomic mass is 32.2. The van der Waals surface area contributed by atoms with Crippen LogP contribution in [0.4, 0.5) is 9.93 Å². The first kappa shape index (κ1) is 29.1. The highest BCUT2D eigenvalue weighted by molar-refractivity contribution is 7.90. The van der Waals surface area contributed by atoms with E-state index in [-0.39, 0.29) is 17.5 Å². The first-order chi connectivity index (χ1) is 17.1. The van der Waals surface area contributed by atoms with Gasteiger partial charge in [-0.25, -0.2) is 23.2 Å². The monoisotopic (exact) mass is 533 g/mol. The second-order valence-electron chi connectivity index (χ2n) is 7.89. The Morgan fingerprint density at radius 1 is 1.25 bits per heavy atom. The lowest BCUT2D eigenvalue weighted by molar-refractivity contribution is 0.168. The van der Waals surface area contributed by atoms with Crippen molar-refractivity contribution in [2.45, 2.75) is 51.3 Å². The number of ether oxygens (including phenoxy) is 1. The fraction of sp³-hybridized carbons (Fsp3) is 0.400. The molecule has 5 N–H and O–H groups in total. The lowest BCUT2D eigenvalue weighted by Gasteiger charge is -2.14. The summed E-state index contributed by atoms with van der Waals surface area (Å²) in [6.45, 7) is 6.01. The molecule has 196 valence electrons. The number of hydrogen-bond acceptors (Lipinski definition) is 7. The summed E-state index contributed by atoms with van der Waals surface area (Å²) in [6, 6.07) is 6.82. The Morgan fingerprint density at radius 2 is 1.94 bits per heavy atom. The molecule has 9 nitrogen and oxygen atoms in total. The molecule has 2 aromatic rings. The number of amides is 1. The second-order valence-corrected chi connectivity index (χ2v) is 11.0. The van der Waals surface area contributed by atoms with Crippen molar-refractivity contribution in [3.05, 3.63) is 64.3 Å². The standard InChI is InChI=1S/C23H29N5O4S2.C2H6/c1-3-32-23(29)28-22-27-19(13-8-15-4-9-17(10-5-15)26-21(24)25)20(33-22)14-16-6-11-18(12-7-16)34(2,30)31;1-2/h4,6-7,9-12,15H,3,5,8,13-14H2,1-2H3,(H4,24,25,26)(H,27,28,29);1-2H3. The van der Waals surface area contributed by atoms with E-state index >= 15 is 0 Å². The number of nitrogens with one attached hydrogen (secondary N) is 1. The second kappa shape index (κ2) is 13.8. The Hall–Kier alpha value is -3.18. The summed E-state index contributed by atoms with van der Waals surface area (Å²) in [6.07, 6.45) is 9.64. The van der Waals surface area contributed by atoms with Gasteiger partial charge in [-0.2, -0.15) is 0 Å². The molecule has 36 heavy (non-hydrogen) atoms. The van der Waals surface area contributed by atoms with Crippen molar-refractivity contribution >= 4 is 38.4 Å². The molecule has 1 unspecified atom stereocenters. The van der Waals surface area contributed by atoms with Crippen LogP contribution in [0.15, 0.2) is 58.1 Å². The van der Waals surface area contributed by atoms with Crippen LogP contribution in [-0.4, -0.2) is 38.3 Å². The lowest BCUT2D eigenvalue weighted by Crippen LogP contribution is -2.22. The van der Waals surface area contributed by atoms with Crippen molar-refractivity contribution in [1.29, 1.82) is 0 Å². The maximum Gasteiger partial charge on any atom is 0.413 e. The van der Waals surface area contributed by atoms with Crippen LogP contribution in [0.2, 0.25) is 0 Å². The number of nitrogens with two attached hydrogens (primary N) is 2. The molecule has 1 atom stereocenters. The van der Waals surface area contributed by atoms with Crippen LogP contribution in [0, 0.1) is 5.92 Å². The maximum absolute atomic E-state index is 11.9. The Morgan fingerprint density at radius 3 is 2.50 bits per heavy atom. The number of aryl methyl sites for hydroxylation is 1. The third-order valence-corrected chi connectivity index (χ3v) is 7.30. The van der Waals surface area contributed by atoms with Gasteiger partial charge >= 0.3 is 6.09 Å². The van der Waals surface area contributed by atoms with Gasteiger partial charge in [-0.3, -0.25) is 5.32 Å². The average molecular weight is 534 g/mol. The van der Waals surface area contributed by atoms with Gasteiger partial charge in [0.15, 0.2) is 20.9 Å². The average Bonchev–Trinajstić information content (AvgIpc) is 3.20. The number of carbonyl (C=O) groups is 1. The summed E-state index contributed by atoms with van der Waals surface area (Å²) in [7, 11) is -3.25. The predicted octanol–water partition coefficient (Wildman–Crippen LogP) is 4.40. The van der Waals surface area contributed by atoms with Gasteiger partial charge in [0.25, 0.3) is 0 Å². The number of benzene rings is 1. The summed E-state index contributed by atoms with van der Waals surface area (Å²) in [5.41, 5.74) is 13.5. The SMILES string of the molecule is CC.CCOC(=O)Nc1nc(CCC2C=CC(N=C(N)N)=CC2)c(Cc2ccc(S(C)(=O)=O)cc2)s1. The van der Waals surface area contributed by atoms with Gasteiger partial charge in [-0.15, -0.1) is 11.3 Å². The van der Waals surface area contributed by atoms with Crippen LogP contribution in [-0.2, 0) is 27.4 Å². The summed E-state index contributed by atoms with van der Waals surface area (Å²) in [5, 5.41) is 3.16. The number of rotatable bonds is 9. The first-order valence-electron chi connectivity index (χ1n) is 11.8. The molecule has 3 rings (SSSR count). The third kappa shape index (κ3) is 9.12. The Labute approximate surface area is 217 Å². The van der Waals surface area contributed by atoms with Gasteiger partial charge in [0.05, 0.1) is 22.9 Å². The number of aliphatic imine (C=N–C) groups is 1. The molecule has 1 aromatic heterocycles. The van der Waals surface area contributed by atoms with Gasteiger partial charge < -0.3 is 16.2 Å². The molecule has 1 aliphatic rings. The molecular weight excluding hydrogens is 498 g/mol. The molecule has 0 bridgehead atoms. The van der Waals surface area contributed by atoms with Crippen LogP contribution in [0.5, 0.6) is 0 Å². The number of hydrogen-bond donors (Lipinski definition) is 3. The molecule has 0 aliphatic heterocycles. The van der Waals surface area contributed by atoms with E-state index in [0.717, 1.165) is 41.1 Å². The van der Waals surface area contributed by atoms with E-state index in [9.17, 15) is 13.2 Å². The van der Waals surface area contributed by atoms with Crippen molar-refractivity contribution in [3.8, 4) is 0 Å². The van der Waals surface area contributed by atoms with Gasteiger partial charge in [0.2, 0.25) is 0 Å². The van der Waals surface area contributed by atoms with Crippen LogP contribution >= 0.6 is 11.3 Å². The fourth-order valence-corrected chi connectivity index (χ4v) is 5.14. The quantitative estimate of drug-likeness (QED) is 0.319. The molecule has 1 heterocycles. The molecule has 11 heteroatoms. The Kier molecular flexibility index (Phi) is 11.1. The number of aromatic nitrogens is 1. The number of thiazole rings is 1. The van der Waals surface area contributed by atoms with Crippen LogP contribution < -0.4 is 16.8 Å². The molecule has 0 fully saturated rings. The predicted molar refractivity (Wildman–Crippen MR) is 146 cm³/mol. The number of anilines is 1. The van der Waals surface area contributed by atoms with Crippen LogP contribution in [0.25, 0.3) is 0 Å². The number of carbonyl (C=O) groups excluding carboxylic acids is 1. The minimum Gasteiger partial charge on any atom is -0.450 e. The molecule has 0 saturated heterocycles. The van der Waals surface area contributed by atoms with E-state index in [1.807, 2.05) is 26.0 Å². The molecule has 1 amide bonds. The number of allylic oxidation sites excluding steroid dienone is 3. The lowest BCUT2D eigenvalue weighted by atomic mass is 9.93. The highest BCUT2D eigenvalue weighted by Gasteiger charge is 2.17. The minimum atomic E-state index is -3.25. The molecule has 1 aromatic carbocycles. The summed E-state index contributed by atoms with van der Waals surface area (Å²) in [5.74, 6) is 0.357. The van der Waals surface area contributed by atoms with E-state index in [2.05, 4.69) is 21.4 Å². The largest absolute Gasteiger partial charge is 0.450 e. The van der Waals surface area contributed by atoms with Crippen molar-refractivity contribution in [2.24, 2.45) is 22.4 Å². The fourth-order valence-electron chi connectivity index (χ4n) is 3.49. The summed E-state index contributed by atoms with van der Waals surface area (Å²) >= 11 is 1.40. The molecule has 0 spiro atoms. The van der Waals surface area contributed by atoms with Crippen LogP contribution in [0.3, 0.4) is 0 Å². The number of guanidine groups is 1. The zero-order chi connectivity index (χ0) is 26.7. The van der Waals surface area contributed by atoms with E-state index < -0.39 is 15.9 Å². The zero-order valence-corrected chi connectivity index (χ0v) is 22.8. The Balaban J connectivity index is 0.00000222. The Bertz CT molecular complexity index is 1210. The maximum atomic E-state index is 11.9. The van der Waals surface area contributed by atoms with E-state index in [4.69, 9.17) is 16.2 Å². The van der Waals surface area contributed by atoms with Gasteiger partial charge in [-0.1, -0.05) is 38.1 Å². The summed E-state index contributed by atoms with van der Waals surface area (Å²) < 4.78 is 28.4. The summed E-state index contributed by atoms with van der Waals surface area (Å²) in [4.78, 5) is 21.9. The van der Waals surface area contributed by atoms with Crippen molar-refractivity contribution in [1.82, 2.24) is 4.98 Å². The van der Waals surface area contributed by atoms with Gasteiger partial charge in [0, 0.05) is 17.6 Å². The molecule has 0 radical (unpaired) electrons. The van der Waals surface area contributed by atoms with Crippen LogP contribution in [0.1, 0.15) is 49.7 Å². The van der Waals surface area contributed by atoms with Crippen molar-refractivity contribution in [2.75, 3.05) is 18.2 Å². The van der Waals surface area contributed by atoms with E-state index in [0.29, 0.717) is 17.5 Å². The molecular formula is C25H35N5O4S2. The molecule has 1 aliphatic carbocycles.